The van der Waals surface area contributed by atoms with Crippen molar-refractivity contribution in [2.75, 3.05) is 0 Å². The number of hydrogen-bond donors (Lipinski definition) is 4. The van der Waals surface area contributed by atoms with E-state index in [4.69, 9.17) is 10.8 Å². The summed E-state index contributed by atoms with van der Waals surface area (Å²) in [5.41, 5.74) is 6.52. The van der Waals surface area contributed by atoms with E-state index in [2.05, 4.69) is 0 Å². The van der Waals surface area contributed by atoms with Crippen LogP contribution in [0, 0.1) is 17.8 Å². The van der Waals surface area contributed by atoms with Crippen LogP contribution in [-0.2, 0) is 0 Å². The predicted molar refractivity (Wildman–Crippen MR) is 104 cm³/mol. The molecule has 0 heterocycles. The zero-order valence-corrected chi connectivity index (χ0v) is 16.2. The first-order valence-electron chi connectivity index (χ1n) is 10.3. The summed E-state index contributed by atoms with van der Waals surface area (Å²) in [4.78, 5) is 10.9. The van der Waals surface area contributed by atoms with Gasteiger partial charge in [-0.25, -0.2) is 4.79 Å². The maximum absolute atomic E-state index is 10.9. The molecule has 0 radical (unpaired) electrons. The summed E-state index contributed by atoms with van der Waals surface area (Å²) in [5, 5.41) is 28.9. The van der Waals surface area contributed by atoms with Gasteiger partial charge in [-0.1, -0.05) is 38.0 Å². The van der Waals surface area contributed by atoms with Crippen molar-refractivity contribution >= 4 is 5.97 Å². The molecule has 5 N–H and O–H groups in total. The van der Waals surface area contributed by atoms with Gasteiger partial charge in [0.05, 0.1) is 17.3 Å². The maximum atomic E-state index is 10.9. The molecule has 4 aliphatic carbocycles. The van der Waals surface area contributed by atoms with Crippen LogP contribution in [0.25, 0.3) is 0 Å². The number of aromatic carboxylic acids is 1. The Morgan fingerprint density at radius 3 is 2.41 bits per heavy atom. The number of benzene rings is 1. The fraction of sp³-hybridized carbons (Fsp3) is 0.682. The minimum absolute atomic E-state index is 0.195. The van der Waals surface area contributed by atoms with E-state index in [1.807, 2.05) is 6.92 Å². The number of unbranched alkanes of at least 4 members (excludes halogenated alkanes) is 1. The van der Waals surface area contributed by atoms with E-state index >= 15 is 0 Å². The van der Waals surface area contributed by atoms with E-state index in [0.29, 0.717) is 29.9 Å². The largest absolute Gasteiger partial charge is 0.478 e. The van der Waals surface area contributed by atoms with Crippen molar-refractivity contribution in [1.82, 2.24) is 0 Å². The molecule has 5 nitrogen and oxygen atoms in total. The lowest BCUT2D eigenvalue weighted by Gasteiger charge is -2.57. The Balaban J connectivity index is 0.000000158. The number of rotatable bonds is 5. The molecule has 3 unspecified atom stereocenters. The molecular weight excluding hydrogens is 342 g/mol. The van der Waals surface area contributed by atoms with E-state index < -0.39 is 12.1 Å². The second-order valence-electron chi connectivity index (χ2n) is 8.82. The van der Waals surface area contributed by atoms with Crippen molar-refractivity contribution < 1.29 is 20.1 Å². The summed E-state index contributed by atoms with van der Waals surface area (Å²) in [6.07, 6.45) is 7.45. The van der Waals surface area contributed by atoms with E-state index in [-0.39, 0.29) is 11.2 Å². The van der Waals surface area contributed by atoms with Crippen molar-refractivity contribution in [3.8, 4) is 0 Å². The van der Waals surface area contributed by atoms with Gasteiger partial charge in [0.1, 0.15) is 0 Å². The van der Waals surface area contributed by atoms with Gasteiger partial charge in [-0.15, -0.1) is 0 Å². The number of carboxylic acid groups (broad SMARTS) is 1. The van der Waals surface area contributed by atoms with Gasteiger partial charge in [-0.3, -0.25) is 0 Å². The second kappa shape index (κ2) is 8.29. The number of carbonyl (C=O) groups is 1. The third kappa shape index (κ3) is 4.53. The first kappa shape index (κ1) is 20.3. The summed E-state index contributed by atoms with van der Waals surface area (Å²) < 4.78 is 0. The van der Waals surface area contributed by atoms with Gasteiger partial charge in [0.25, 0.3) is 0 Å². The van der Waals surface area contributed by atoms with Gasteiger partial charge in [-0.05, 0) is 67.9 Å². The van der Waals surface area contributed by atoms with Gasteiger partial charge < -0.3 is 21.1 Å². The topological polar surface area (TPSA) is 104 Å². The number of hydrogen-bond acceptors (Lipinski definition) is 4. The minimum Gasteiger partial charge on any atom is -0.478 e. The van der Waals surface area contributed by atoms with Gasteiger partial charge >= 0.3 is 5.97 Å². The zero-order chi connectivity index (χ0) is 19.6. The van der Waals surface area contributed by atoms with Gasteiger partial charge in [0, 0.05) is 6.04 Å². The molecule has 27 heavy (non-hydrogen) atoms. The summed E-state index contributed by atoms with van der Waals surface area (Å²) >= 11 is 0. The van der Waals surface area contributed by atoms with E-state index in [9.17, 15) is 15.0 Å². The fourth-order valence-corrected chi connectivity index (χ4v) is 5.56. The van der Waals surface area contributed by atoms with Crippen LogP contribution in [0.4, 0.5) is 0 Å². The van der Waals surface area contributed by atoms with Crippen LogP contribution in [0.5, 0.6) is 0 Å². The van der Waals surface area contributed by atoms with Crippen molar-refractivity contribution in [3.63, 3.8) is 0 Å². The fourth-order valence-electron chi connectivity index (χ4n) is 5.56. The molecule has 3 atom stereocenters. The Morgan fingerprint density at radius 1 is 1.22 bits per heavy atom. The Morgan fingerprint density at radius 2 is 1.85 bits per heavy atom. The highest BCUT2D eigenvalue weighted by Crippen LogP contribution is 2.54. The molecule has 0 aliphatic heterocycles. The summed E-state index contributed by atoms with van der Waals surface area (Å²) in [6.45, 7) is 2.04. The summed E-state index contributed by atoms with van der Waals surface area (Å²) in [5.74, 6) is 1.09. The quantitative estimate of drug-likeness (QED) is 0.631. The van der Waals surface area contributed by atoms with E-state index in [1.54, 1.807) is 18.2 Å². The van der Waals surface area contributed by atoms with Crippen molar-refractivity contribution in [1.29, 1.82) is 0 Å². The Hall–Kier alpha value is -1.43. The predicted octanol–water partition coefficient (Wildman–Crippen LogP) is 3.49. The number of carboxylic acids is 1. The normalized spacial score (nSPS) is 34.7. The van der Waals surface area contributed by atoms with Crippen LogP contribution in [0.1, 0.15) is 80.3 Å². The van der Waals surface area contributed by atoms with Crippen LogP contribution in [0.3, 0.4) is 0 Å². The standard InChI is InChI=1S/C12H16O3.C10H17NO/c1-2-3-8-11(13)9-6-4-5-7-10(9)12(14)15;11-9-7-1-6-2-8(9)5-10(12,3-6)4-7/h4-7,11,13H,2-3,8H2,1H3,(H,14,15);6-9,12H,1-5,11H2. The third-order valence-corrected chi connectivity index (χ3v) is 6.70. The smallest absolute Gasteiger partial charge is 0.336 e. The first-order valence-corrected chi connectivity index (χ1v) is 10.3. The molecule has 4 saturated carbocycles. The molecule has 1 aromatic carbocycles. The molecule has 5 heteroatoms. The number of nitrogens with two attached hydrogens (primary N) is 1. The average molecular weight is 376 g/mol. The van der Waals surface area contributed by atoms with E-state index in [1.165, 1.54) is 18.9 Å². The van der Waals surface area contributed by atoms with Gasteiger partial charge in [-0.2, -0.15) is 0 Å². The SMILES string of the molecule is CCCCC(O)c1ccccc1C(=O)O.NC1C2CC3CC1CC(O)(C3)C2. The summed E-state index contributed by atoms with van der Waals surface area (Å²) in [6, 6.07) is 7.01. The molecule has 4 fully saturated rings. The third-order valence-electron chi connectivity index (χ3n) is 6.70. The van der Waals surface area contributed by atoms with Crippen LogP contribution in [-0.4, -0.2) is 32.9 Å². The van der Waals surface area contributed by atoms with Crippen molar-refractivity contribution in [3.05, 3.63) is 35.4 Å². The van der Waals surface area contributed by atoms with E-state index in [0.717, 1.165) is 38.0 Å². The minimum atomic E-state index is -0.985. The van der Waals surface area contributed by atoms with Gasteiger partial charge in [0.2, 0.25) is 0 Å². The Bertz CT molecular complexity index is 645. The Kier molecular flexibility index (Phi) is 6.24. The van der Waals surface area contributed by atoms with Crippen molar-refractivity contribution in [2.24, 2.45) is 23.5 Å². The highest BCUT2D eigenvalue weighted by atomic mass is 16.4. The second-order valence-corrected chi connectivity index (χ2v) is 8.82. The first-order chi connectivity index (χ1) is 12.8. The average Bonchev–Trinajstić information content (AvgIpc) is 2.63. The van der Waals surface area contributed by atoms with Gasteiger partial charge in [0.15, 0.2) is 0 Å². The van der Waals surface area contributed by atoms with Crippen LogP contribution in [0.2, 0.25) is 0 Å². The lowest BCUT2D eigenvalue weighted by Crippen LogP contribution is -2.59. The van der Waals surface area contributed by atoms with Crippen molar-refractivity contribution in [2.45, 2.75) is 76.0 Å². The van der Waals surface area contributed by atoms with Crippen LogP contribution < -0.4 is 5.73 Å². The lowest BCUT2D eigenvalue weighted by molar-refractivity contribution is -0.132. The molecular formula is C22H33NO4. The molecule has 4 bridgehead atoms. The molecule has 150 valence electrons. The Labute approximate surface area is 161 Å². The molecule has 5 rings (SSSR count). The highest BCUT2D eigenvalue weighted by molar-refractivity contribution is 5.89. The lowest BCUT2D eigenvalue weighted by atomic mass is 9.52. The zero-order valence-electron chi connectivity index (χ0n) is 16.2. The maximum Gasteiger partial charge on any atom is 0.336 e. The molecule has 0 amide bonds. The summed E-state index contributed by atoms with van der Waals surface area (Å²) in [7, 11) is 0. The number of aliphatic hydroxyl groups excluding tert-OH is 1. The number of aliphatic hydroxyl groups is 2. The molecule has 0 aromatic heterocycles. The molecule has 0 saturated heterocycles. The van der Waals surface area contributed by atoms with Crippen LogP contribution >= 0.6 is 0 Å². The van der Waals surface area contributed by atoms with Crippen LogP contribution in [0.15, 0.2) is 24.3 Å². The highest BCUT2D eigenvalue weighted by Gasteiger charge is 2.53. The molecule has 0 spiro atoms. The molecule has 1 aromatic rings. The monoisotopic (exact) mass is 375 g/mol. The molecule has 4 aliphatic rings.